The number of carbonyl (C=O) groups excluding carboxylic acids is 3. The smallest absolute Gasteiger partial charge is 0.326 e. The highest BCUT2D eigenvalue weighted by Gasteiger charge is 2.27. The van der Waals surface area contributed by atoms with Crippen molar-refractivity contribution in [3.8, 4) is 0 Å². The second-order valence-electron chi connectivity index (χ2n) is 6.25. The van der Waals surface area contributed by atoms with Crippen LogP contribution >= 0.6 is 0 Å². The summed E-state index contributed by atoms with van der Waals surface area (Å²) in [5, 5.41) is 26.4. The summed E-state index contributed by atoms with van der Waals surface area (Å²) in [4.78, 5) is 49.8. The standard InChI is InChI=1S/C18H23N5O6/c19-6-15(25)21-8-16(26)22-14(9-24)17(27)23-13(18(28)29)5-10-7-20-12-4-2-1-3-11(10)12/h1-4,7,13-14,20,24H,5-6,8-9,19H2,(H,21,25)(H,22,26)(H,23,27)(H,28,29). The first-order valence-electron chi connectivity index (χ1n) is 8.80. The molecule has 2 rings (SSSR count). The minimum atomic E-state index is -1.37. The van der Waals surface area contributed by atoms with E-state index in [9.17, 15) is 29.4 Å². The van der Waals surface area contributed by atoms with Crippen LogP contribution in [0.25, 0.3) is 10.9 Å². The van der Waals surface area contributed by atoms with Crippen LogP contribution in [0.1, 0.15) is 5.56 Å². The van der Waals surface area contributed by atoms with Gasteiger partial charge in [0.1, 0.15) is 12.1 Å². The Morgan fingerprint density at radius 3 is 2.45 bits per heavy atom. The highest BCUT2D eigenvalue weighted by Crippen LogP contribution is 2.19. The molecule has 0 fully saturated rings. The second kappa shape index (κ2) is 10.2. The van der Waals surface area contributed by atoms with E-state index in [0.717, 1.165) is 10.9 Å². The number of amides is 3. The van der Waals surface area contributed by atoms with E-state index in [4.69, 9.17) is 5.73 Å². The van der Waals surface area contributed by atoms with Crippen molar-refractivity contribution in [1.29, 1.82) is 0 Å². The first-order chi connectivity index (χ1) is 13.8. The lowest BCUT2D eigenvalue weighted by Gasteiger charge is -2.20. The third kappa shape index (κ3) is 6.02. The molecule has 11 heteroatoms. The summed E-state index contributed by atoms with van der Waals surface area (Å²) in [6.45, 7) is -1.48. The number of rotatable bonds is 10. The molecule has 1 aromatic carbocycles. The van der Waals surface area contributed by atoms with E-state index < -0.39 is 48.9 Å². The van der Waals surface area contributed by atoms with Crippen LogP contribution in [0.15, 0.2) is 30.5 Å². The van der Waals surface area contributed by atoms with Crippen LogP contribution in [0.2, 0.25) is 0 Å². The van der Waals surface area contributed by atoms with Crippen molar-refractivity contribution < 1.29 is 29.4 Å². The number of nitrogens with two attached hydrogens (primary N) is 1. The Balaban J connectivity index is 2.00. The number of benzene rings is 1. The van der Waals surface area contributed by atoms with Gasteiger partial charge < -0.3 is 36.9 Å². The molecule has 8 N–H and O–H groups in total. The van der Waals surface area contributed by atoms with Crippen LogP contribution in [0.3, 0.4) is 0 Å². The molecule has 1 aromatic heterocycles. The lowest BCUT2D eigenvalue weighted by atomic mass is 10.0. The predicted molar refractivity (Wildman–Crippen MR) is 103 cm³/mol. The molecule has 0 radical (unpaired) electrons. The van der Waals surface area contributed by atoms with Gasteiger partial charge in [-0.05, 0) is 11.6 Å². The molecule has 156 valence electrons. The van der Waals surface area contributed by atoms with E-state index in [0.29, 0.717) is 5.56 Å². The molecule has 3 amide bonds. The molecule has 0 saturated heterocycles. The minimum Gasteiger partial charge on any atom is -0.480 e. The van der Waals surface area contributed by atoms with Crippen LogP contribution in [-0.2, 0) is 25.6 Å². The summed E-state index contributed by atoms with van der Waals surface area (Å²) in [7, 11) is 0. The molecule has 1 heterocycles. The summed E-state index contributed by atoms with van der Waals surface area (Å²) in [5.41, 5.74) is 6.63. The number of H-pyrrole nitrogens is 1. The van der Waals surface area contributed by atoms with Gasteiger partial charge >= 0.3 is 5.97 Å². The van der Waals surface area contributed by atoms with Crippen molar-refractivity contribution in [1.82, 2.24) is 20.9 Å². The van der Waals surface area contributed by atoms with E-state index in [1.165, 1.54) is 0 Å². The highest BCUT2D eigenvalue weighted by atomic mass is 16.4. The van der Waals surface area contributed by atoms with E-state index in [-0.39, 0.29) is 13.0 Å². The summed E-state index contributed by atoms with van der Waals surface area (Å²) in [6.07, 6.45) is 1.67. The first kappa shape index (κ1) is 21.9. The van der Waals surface area contributed by atoms with Crippen LogP contribution in [0.5, 0.6) is 0 Å². The molecule has 2 unspecified atom stereocenters. The molecule has 0 spiro atoms. The Bertz CT molecular complexity index is 896. The van der Waals surface area contributed by atoms with Crippen molar-refractivity contribution >= 4 is 34.6 Å². The van der Waals surface area contributed by atoms with Crippen molar-refractivity contribution in [3.05, 3.63) is 36.0 Å². The fraction of sp³-hybridized carbons (Fsp3) is 0.333. The molecule has 0 bridgehead atoms. The van der Waals surface area contributed by atoms with Crippen molar-refractivity contribution in [2.75, 3.05) is 19.7 Å². The van der Waals surface area contributed by atoms with Gasteiger partial charge in [-0.25, -0.2) is 4.79 Å². The third-order valence-electron chi connectivity index (χ3n) is 4.18. The molecule has 2 aromatic rings. The zero-order valence-electron chi connectivity index (χ0n) is 15.5. The normalized spacial score (nSPS) is 12.8. The summed E-state index contributed by atoms with van der Waals surface area (Å²) in [5.74, 6) is -3.42. The Hall–Kier alpha value is -3.44. The second-order valence-corrected chi connectivity index (χ2v) is 6.25. The maximum absolute atomic E-state index is 12.3. The fourth-order valence-electron chi connectivity index (χ4n) is 2.68. The zero-order chi connectivity index (χ0) is 21.4. The number of carbonyl (C=O) groups is 4. The molecule has 0 aliphatic heterocycles. The number of para-hydroxylation sites is 1. The summed E-state index contributed by atoms with van der Waals surface area (Å²) >= 11 is 0. The van der Waals surface area contributed by atoms with Gasteiger partial charge in [-0.3, -0.25) is 14.4 Å². The number of fused-ring (bicyclic) bond motifs is 1. The zero-order valence-corrected chi connectivity index (χ0v) is 15.5. The number of carboxylic acid groups (broad SMARTS) is 1. The van der Waals surface area contributed by atoms with Crippen LogP contribution < -0.4 is 21.7 Å². The molecule has 0 aliphatic rings. The molecule has 0 aliphatic carbocycles. The monoisotopic (exact) mass is 405 g/mol. The minimum absolute atomic E-state index is 0.00371. The van der Waals surface area contributed by atoms with Crippen LogP contribution in [0, 0.1) is 0 Å². The molecule has 0 saturated carbocycles. The quantitative estimate of drug-likeness (QED) is 0.234. The maximum Gasteiger partial charge on any atom is 0.326 e. The number of aliphatic hydroxyl groups excluding tert-OH is 1. The number of aromatic amines is 1. The van der Waals surface area contributed by atoms with Gasteiger partial charge in [-0.2, -0.15) is 0 Å². The average molecular weight is 405 g/mol. The van der Waals surface area contributed by atoms with E-state index in [1.807, 2.05) is 24.3 Å². The number of aromatic nitrogens is 1. The van der Waals surface area contributed by atoms with Gasteiger partial charge in [0.05, 0.1) is 19.7 Å². The highest BCUT2D eigenvalue weighted by molar-refractivity contribution is 5.92. The van der Waals surface area contributed by atoms with Crippen molar-refractivity contribution in [2.45, 2.75) is 18.5 Å². The Kier molecular flexibility index (Phi) is 7.69. The van der Waals surface area contributed by atoms with E-state index >= 15 is 0 Å². The molecule has 11 nitrogen and oxygen atoms in total. The summed E-state index contributed by atoms with van der Waals surface area (Å²) < 4.78 is 0. The van der Waals surface area contributed by atoms with Gasteiger partial charge in [0, 0.05) is 23.5 Å². The van der Waals surface area contributed by atoms with Crippen molar-refractivity contribution in [2.24, 2.45) is 5.73 Å². The first-order valence-corrected chi connectivity index (χ1v) is 8.80. The van der Waals surface area contributed by atoms with Gasteiger partial charge in [-0.1, -0.05) is 18.2 Å². The largest absolute Gasteiger partial charge is 0.480 e. The topological polar surface area (TPSA) is 187 Å². The SMILES string of the molecule is NCC(=O)NCC(=O)NC(CO)C(=O)NC(Cc1c[nH]c2ccccc12)C(=O)O. The summed E-state index contributed by atoms with van der Waals surface area (Å²) in [6, 6.07) is 4.67. The predicted octanol–water partition coefficient (Wildman–Crippen LogP) is -2.17. The van der Waals surface area contributed by atoms with Gasteiger partial charge in [0.2, 0.25) is 17.7 Å². The average Bonchev–Trinajstić information content (AvgIpc) is 3.12. The number of aliphatic carboxylic acids is 1. The number of hydrogen-bond acceptors (Lipinski definition) is 6. The number of carboxylic acids is 1. The third-order valence-corrected chi connectivity index (χ3v) is 4.18. The molecule has 29 heavy (non-hydrogen) atoms. The van der Waals surface area contributed by atoms with Crippen LogP contribution in [-0.4, -0.2) is 70.7 Å². The van der Waals surface area contributed by atoms with E-state index in [2.05, 4.69) is 20.9 Å². The lowest BCUT2D eigenvalue weighted by molar-refractivity contribution is -0.142. The van der Waals surface area contributed by atoms with Gasteiger partial charge in [0.15, 0.2) is 0 Å². The Morgan fingerprint density at radius 2 is 1.79 bits per heavy atom. The fourth-order valence-corrected chi connectivity index (χ4v) is 2.68. The maximum atomic E-state index is 12.3. The lowest BCUT2D eigenvalue weighted by Crippen LogP contribution is -2.55. The van der Waals surface area contributed by atoms with E-state index in [1.54, 1.807) is 6.20 Å². The molecule has 2 atom stereocenters. The molecular formula is C18H23N5O6. The number of aliphatic hydroxyl groups is 1. The Labute approximate surface area is 165 Å². The Morgan fingerprint density at radius 1 is 1.07 bits per heavy atom. The van der Waals surface area contributed by atoms with Gasteiger partial charge in [-0.15, -0.1) is 0 Å². The van der Waals surface area contributed by atoms with Gasteiger partial charge in [0.25, 0.3) is 0 Å². The number of nitrogens with one attached hydrogen (secondary N) is 4. The van der Waals surface area contributed by atoms with Crippen molar-refractivity contribution in [3.63, 3.8) is 0 Å². The molecular weight excluding hydrogens is 382 g/mol. The van der Waals surface area contributed by atoms with Crippen LogP contribution in [0.4, 0.5) is 0 Å². The number of hydrogen-bond donors (Lipinski definition) is 7.